The van der Waals surface area contributed by atoms with Crippen LogP contribution in [0.4, 0.5) is 46.6 Å². The highest BCUT2D eigenvalue weighted by atomic mass is 32.1. The molecule has 0 spiro atoms. The zero-order valence-corrected chi connectivity index (χ0v) is 42.1. The number of halogens is 3. The lowest BCUT2D eigenvalue weighted by Crippen LogP contribution is -2.61. The van der Waals surface area contributed by atoms with Crippen LogP contribution in [0.15, 0.2) is 115 Å². The minimum Gasteiger partial charge on any atom is -0.406 e. The van der Waals surface area contributed by atoms with Gasteiger partial charge in [-0.3, -0.25) is 0 Å². The Hall–Kier alpha value is -5.47. The van der Waals surface area contributed by atoms with E-state index in [1.54, 1.807) is 6.07 Å². The SMILES string of the molecule is CC(C)(C)c1ccc(N2c3cc4c(cc3B3c5c2cc(-c2cccc(OC(F)(F)F)c2)cc5N(c2ccc(C(C)(C)C)cc2)c2sc5ccc(C(C)(C)C)cc5c23)C(C)(C)CCC4(C)C)cc1. The molecule has 0 unspecified atom stereocenters. The van der Waals surface area contributed by atoms with Crippen LogP contribution in [0.25, 0.3) is 21.2 Å². The molecule has 1 aromatic heterocycles. The van der Waals surface area contributed by atoms with Crippen LogP contribution in [-0.2, 0) is 27.1 Å². The molecule has 2 aliphatic heterocycles. The Morgan fingerprint density at radius 2 is 1.06 bits per heavy atom. The lowest BCUT2D eigenvalue weighted by molar-refractivity contribution is -0.274. The molecule has 344 valence electrons. The summed E-state index contributed by atoms with van der Waals surface area (Å²) in [5, 5.41) is 2.42. The lowest BCUT2D eigenvalue weighted by atomic mass is 9.33. The zero-order valence-electron chi connectivity index (χ0n) is 41.3. The Morgan fingerprint density at radius 1 is 0.537 bits per heavy atom. The van der Waals surface area contributed by atoms with E-state index in [0.717, 1.165) is 51.8 Å². The Morgan fingerprint density at radius 3 is 1.61 bits per heavy atom. The van der Waals surface area contributed by atoms with Crippen molar-refractivity contribution in [1.29, 1.82) is 0 Å². The van der Waals surface area contributed by atoms with Gasteiger partial charge in [0.05, 0.1) is 5.00 Å². The average molecular weight is 915 g/mol. The third kappa shape index (κ3) is 7.76. The third-order valence-corrected chi connectivity index (χ3v) is 16.1. The van der Waals surface area contributed by atoms with Crippen LogP contribution in [0.5, 0.6) is 5.75 Å². The van der Waals surface area contributed by atoms with E-state index in [-0.39, 0.29) is 39.5 Å². The predicted octanol–water partition coefficient (Wildman–Crippen LogP) is 15.8. The van der Waals surface area contributed by atoms with E-state index in [0.29, 0.717) is 5.56 Å². The molecule has 8 heteroatoms. The number of hydrogen-bond donors (Lipinski definition) is 0. The topological polar surface area (TPSA) is 15.7 Å². The van der Waals surface area contributed by atoms with Crippen LogP contribution in [0, 0.1) is 0 Å². The summed E-state index contributed by atoms with van der Waals surface area (Å²) in [6, 6.07) is 41.0. The van der Waals surface area contributed by atoms with Crippen molar-refractivity contribution in [2.24, 2.45) is 0 Å². The summed E-state index contributed by atoms with van der Waals surface area (Å²) < 4.78 is 47.2. The van der Waals surface area contributed by atoms with Gasteiger partial charge in [-0.25, -0.2) is 0 Å². The van der Waals surface area contributed by atoms with Gasteiger partial charge in [-0.2, -0.15) is 0 Å². The fraction of sp³-hybridized carbons (Fsp3) is 0.356. The van der Waals surface area contributed by atoms with Gasteiger partial charge >= 0.3 is 6.36 Å². The summed E-state index contributed by atoms with van der Waals surface area (Å²) in [7, 11) is 0. The lowest BCUT2D eigenvalue weighted by Gasteiger charge is -2.47. The van der Waals surface area contributed by atoms with E-state index >= 15 is 0 Å². The van der Waals surface area contributed by atoms with E-state index < -0.39 is 6.36 Å². The van der Waals surface area contributed by atoms with E-state index in [1.165, 1.54) is 66.4 Å². The zero-order chi connectivity index (χ0) is 48.0. The maximum Gasteiger partial charge on any atom is 0.573 e. The fourth-order valence-corrected chi connectivity index (χ4v) is 12.1. The largest absolute Gasteiger partial charge is 0.573 e. The van der Waals surface area contributed by atoms with Gasteiger partial charge < -0.3 is 14.5 Å². The van der Waals surface area contributed by atoms with Crippen LogP contribution in [0.3, 0.4) is 0 Å². The second-order valence-electron chi connectivity index (χ2n) is 23.7. The van der Waals surface area contributed by atoms with Crippen LogP contribution in [-0.4, -0.2) is 13.1 Å². The molecule has 0 bridgehead atoms. The number of benzene rings is 6. The van der Waals surface area contributed by atoms with Crippen LogP contribution >= 0.6 is 11.3 Å². The molecule has 3 aliphatic rings. The third-order valence-electron chi connectivity index (χ3n) is 14.9. The van der Waals surface area contributed by atoms with Crippen molar-refractivity contribution in [3.05, 3.63) is 143 Å². The Labute approximate surface area is 400 Å². The van der Waals surface area contributed by atoms with Crippen molar-refractivity contribution in [3.63, 3.8) is 0 Å². The summed E-state index contributed by atoms with van der Waals surface area (Å²) in [5.74, 6) is -0.248. The highest BCUT2D eigenvalue weighted by Crippen LogP contribution is 2.53. The van der Waals surface area contributed by atoms with Crippen LogP contribution < -0.4 is 30.9 Å². The molecule has 0 amide bonds. The van der Waals surface area contributed by atoms with Gasteiger partial charge in [0.2, 0.25) is 0 Å². The molecule has 3 heterocycles. The van der Waals surface area contributed by atoms with E-state index in [2.05, 4.69) is 196 Å². The number of alkyl halides is 3. The standard InChI is InChI=1S/C59H62BF3N2OS/c1-54(2,3)37-17-22-40(23-18-37)64-47-34-45-44(57(10,11)27-28-58(45,12)13)33-46(47)60-51-43-32-39(56(7,8)9)21-26-50(43)67-53(51)65(41-24-19-38(20-25-41)55(4,5)6)49-31-36(30-48(64)52(49)60)35-15-14-16-42(29-35)66-59(61,62)63/h14-26,29-34H,27-28H2,1-13H3. The molecule has 0 N–H and O–H groups in total. The molecule has 6 aromatic carbocycles. The molecule has 1 aliphatic carbocycles. The van der Waals surface area contributed by atoms with Crippen molar-refractivity contribution >= 4 is 78.0 Å². The molecular weight excluding hydrogens is 853 g/mol. The fourth-order valence-electron chi connectivity index (χ4n) is 10.8. The first-order valence-corrected chi connectivity index (χ1v) is 24.6. The molecule has 0 atom stereocenters. The first kappa shape index (κ1) is 45.3. The normalized spacial score (nSPS) is 16.4. The van der Waals surface area contributed by atoms with Crippen LogP contribution in [0.2, 0.25) is 0 Å². The number of thiophene rings is 1. The van der Waals surface area contributed by atoms with Gasteiger partial charge in [0.1, 0.15) is 5.75 Å². The van der Waals surface area contributed by atoms with E-state index in [1.807, 2.05) is 17.4 Å². The van der Waals surface area contributed by atoms with E-state index in [9.17, 15) is 13.2 Å². The number of nitrogens with zero attached hydrogens (tertiary/aromatic N) is 2. The number of fused-ring (bicyclic) bond motifs is 7. The van der Waals surface area contributed by atoms with Gasteiger partial charge in [0.25, 0.3) is 6.71 Å². The summed E-state index contributed by atoms with van der Waals surface area (Å²) in [4.78, 5) is 4.89. The molecular formula is C59H62BF3N2OS. The molecule has 0 saturated carbocycles. The van der Waals surface area contributed by atoms with E-state index in [4.69, 9.17) is 0 Å². The molecule has 10 rings (SSSR count). The van der Waals surface area contributed by atoms with Crippen molar-refractivity contribution in [2.75, 3.05) is 9.80 Å². The summed E-state index contributed by atoms with van der Waals surface area (Å²) >= 11 is 1.83. The number of hydrogen-bond acceptors (Lipinski definition) is 4. The maximum absolute atomic E-state index is 13.8. The molecule has 0 radical (unpaired) electrons. The maximum atomic E-state index is 13.8. The molecule has 3 nitrogen and oxygen atoms in total. The van der Waals surface area contributed by atoms with Gasteiger partial charge in [0, 0.05) is 33.1 Å². The molecule has 67 heavy (non-hydrogen) atoms. The minimum atomic E-state index is -4.82. The second-order valence-corrected chi connectivity index (χ2v) is 24.7. The highest BCUT2D eigenvalue weighted by molar-refractivity contribution is 7.26. The minimum absolute atomic E-state index is 0.0377. The number of anilines is 6. The average Bonchev–Trinajstić information content (AvgIpc) is 3.62. The van der Waals surface area contributed by atoms with Crippen molar-refractivity contribution in [1.82, 2.24) is 0 Å². The first-order chi connectivity index (χ1) is 31.2. The molecule has 0 fully saturated rings. The monoisotopic (exact) mass is 914 g/mol. The quantitative estimate of drug-likeness (QED) is 0.164. The molecule has 0 saturated heterocycles. The first-order valence-electron chi connectivity index (χ1n) is 23.8. The number of ether oxygens (including phenoxy) is 1. The number of rotatable bonds is 4. The molecule has 7 aromatic rings. The van der Waals surface area contributed by atoms with Crippen molar-refractivity contribution in [2.45, 2.75) is 136 Å². The van der Waals surface area contributed by atoms with Gasteiger partial charge in [-0.05, 0) is 161 Å². The van der Waals surface area contributed by atoms with Crippen LogP contribution in [0.1, 0.15) is 131 Å². The summed E-state index contributed by atoms with van der Waals surface area (Å²) in [6.07, 6.45) is -2.65. The van der Waals surface area contributed by atoms with Gasteiger partial charge in [-0.15, -0.1) is 24.5 Å². The summed E-state index contributed by atoms with van der Waals surface area (Å²) in [5.41, 5.74) is 16.7. The Bertz CT molecular complexity index is 3100. The highest BCUT2D eigenvalue weighted by Gasteiger charge is 2.48. The van der Waals surface area contributed by atoms with Crippen molar-refractivity contribution < 1.29 is 17.9 Å². The van der Waals surface area contributed by atoms with Gasteiger partial charge in [-0.1, -0.05) is 145 Å². The summed E-state index contributed by atoms with van der Waals surface area (Å²) in [6.45, 7) is 29.8. The Kier molecular flexibility index (Phi) is 10.2. The van der Waals surface area contributed by atoms with Crippen molar-refractivity contribution in [3.8, 4) is 16.9 Å². The smallest absolute Gasteiger partial charge is 0.406 e. The second kappa shape index (κ2) is 15.0. The van der Waals surface area contributed by atoms with Gasteiger partial charge in [0.15, 0.2) is 0 Å². The Balaban J connectivity index is 1.36. The predicted molar refractivity (Wildman–Crippen MR) is 279 cm³/mol.